The Morgan fingerprint density at radius 2 is 1.85 bits per heavy atom. The monoisotopic (exact) mass is 536 g/mol. The first-order chi connectivity index (χ1) is 18.8. The summed E-state index contributed by atoms with van der Waals surface area (Å²) in [6, 6.07) is 2.05. The van der Waals surface area contributed by atoms with E-state index in [1.165, 1.54) is 0 Å². The third kappa shape index (κ3) is 7.53. The molecule has 0 radical (unpaired) electrons. The van der Waals surface area contributed by atoms with Crippen molar-refractivity contribution in [2.75, 3.05) is 31.1 Å². The van der Waals surface area contributed by atoms with Crippen molar-refractivity contribution in [3.05, 3.63) is 54.1 Å². The highest BCUT2D eigenvalue weighted by Crippen LogP contribution is 2.26. The van der Waals surface area contributed by atoms with E-state index in [1.807, 2.05) is 29.5 Å². The third-order valence-electron chi connectivity index (χ3n) is 6.67. The zero-order chi connectivity index (χ0) is 27.8. The molecular weight excluding hydrogens is 502 g/mol. The molecule has 1 saturated heterocycles. The van der Waals surface area contributed by atoms with Crippen LogP contribution in [0.4, 0.5) is 14.7 Å². The van der Waals surface area contributed by atoms with E-state index in [-0.39, 0.29) is 12.3 Å². The normalized spacial score (nSPS) is 13.9. The molecule has 39 heavy (non-hydrogen) atoms. The quantitative estimate of drug-likeness (QED) is 0.282. The molecule has 2 aromatic heterocycles. The lowest BCUT2D eigenvalue weighted by molar-refractivity contribution is 0.0950. The van der Waals surface area contributed by atoms with Crippen LogP contribution in [0.5, 0.6) is 5.75 Å². The van der Waals surface area contributed by atoms with E-state index in [1.54, 1.807) is 0 Å². The molecule has 8 nitrogen and oxygen atoms in total. The molecule has 1 N–H and O–H groups in total. The third-order valence-corrected chi connectivity index (χ3v) is 6.67. The van der Waals surface area contributed by atoms with Gasteiger partial charge in [0.25, 0.3) is 5.91 Å². The number of hydrogen-bond donors (Lipinski definition) is 1. The predicted octanol–water partition coefficient (Wildman–Crippen LogP) is 4.71. The fourth-order valence-corrected chi connectivity index (χ4v) is 4.67. The molecule has 1 aliphatic rings. The second-order valence-electron chi connectivity index (χ2n) is 10.2. The Bertz CT molecular complexity index is 1270. The number of anilines is 1. The Kier molecular flexibility index (Phi) is 9.47. The van der Waals surface area contributed by atoms with Crippen LogP contribution in [-0.2, 0) is 6.54 Å². The van der Waals surface area contributed by atoms with Crippen molar-refractivity contribution >= 4 is 11.9 Å². The predicted molar refractivity (Wildman–Crippen MR) is 145 cm³/mol. The Morgan fingerprint density at radius 1 is 1.15 bits per heavy atom. The van der Waals surface area contributed by atoms with Crippen molar-refractivity contribution in [2.45, 2.75) is 46.1 Å². The van der Waals surface area contributed by atoms with E-state index < -0.39 is 23.1 Å². The second-order valence-corrected chi connectivity index (χ2v) is 10.2. The summed E-state index contributed by atoms with van der Waals surface area (Å²) in [7, 11) is 0. The summed E-state index contributed by atoms with van der Waals surface area (Å²) in [5.74, 6) is 1.18. The highest BCUT2D eigenvalue weighted by atomic mass is 19.1. The average molecular weight is 537 g/mol. The molecule has 0 saturated carbocycles. The smallest absolute Gasteiger partial charge is 0.258 e. The van der Waals surface area contributed by atoms with E-state index in [4.69, 9.17) is 11.2 Å². The lowest BCUT2D eigenvalue weighted by Crippen LogP contribution is -2.34. The number of nitrogens with zero attached hydrogens (tertiary/aromatic N) is 5. The molecule has 4 rings (SSSR count). The Labute approximate surface area is 227 Å². The van der Waals surface area contributed by atoms with Crippen LogP contribution in [0.2, 0.25) is 0 Å². The summed E-state index contributed by atoms with van der Waals surface area (Å²) in [5, 5.41) is 6.67. The summed E-state index contributed by atoms with van der Waals surface area (Å²) in [5.41, 5.74) is 1.29. The Morgan fingerprint density at radius 3 is 2.49 bits per heavy atom. The molecule has 1 amide bonds. The first-order valence-electron chi connectivity index (χ1n) is 13.3. The molecule has 0 aliphatic carbocycles. The van der Waals surface area contributed by atoms with E-state index in [0.717, 1.165) is 74.5 Å². The van der Waals surface area contributed by atoms with Gasteiger partial charge >= 0.3 is 0 Å². The number of carbonyl (C=O) groups is 1. The van der Waals surface area contributed by atoms with Gasteiger partial charge in [-0.2, -0.15) is 5.10 Å². The molecule has 206 valence electrons. The zero-order valence-electron chi connectivity index (χ0n) is 22.4. The average Bonchev–Trinajstić information content (AvgIpc) is 3.38. The molecule has 10 heteroatoms. The molecule has 0 spiro atoms. The van der Waals surface area contributed by atoms with Gasteiger partial charge in [0.1, 0.15) is 22.9 Å². The number of amides is 1. The van der Waals surface area contributed by atoms with Gasteiger partial charge in [-0.3, -0.25) is 9.48 Å². The standard InChI is InChI=1S/C29H34F2N6O2/c1-4-9-32-28(38)27-25(30)13-24(14-26(27)31)39-12-5-6-21-7-10-36(11-8-21)29-33-15-22(16-34-29)23-17-35-37(19-23)18-20(2)3/h1,13-17,19-21H,5-12,18H2,2-3H3,(H,32,38). The summed E-state index contributed by atoms with van der Waals surface area (Å²) < 4.78 is 36.0. The van der Waals surface area contributed by atoms with Crippen molar-refractivity contribution in [1.29, 1.82) is 0 Å². The number of terminal acetylenes is 1. The van der Waals surface area contributed by atoms with E-state index in [2.05, 4.69) is 45.1 Å². The number of carbonyl (C=O) groups excluding carboxylic acids is 1. The first-order valence-corrected chi connectivity index (χ1v) is 13.3. The molecule has 1 aromatic carbocycles. The fourth-order valence-electron chi connectivity index (χ4n) is 4.67. The number of piperidine rings is 1. The van der Waals surface area contributed by atoms with Gasteiger partial charge in [0.15, 0.2) is 0 Å². The van der Waals surface area contributed by atoms with Crippen LogP contribution < -0.4 is 15.0 Å². The van der Waals surface area contributed by atoms with Gasteiger partial charge in [0, 0.05) is 61.5 Å². The Hall–Kier alpha value is -4.00. The van der Waals surface area contributed by atoms with Gasteiger partial charge < -0.3 is 15.0 Å². The number of aromatic nitrogens is 4. The Balaban J connectivity index is 1.19. The van der Waals surface area contributed by atoms with Crippen LogP contribution in [0.1, 0.15) is 49.9 Å². The van der Waals surface area contributed by atoms with Gasteiger partial charge in [-0.25, -0.2) is 18.7 Å². The highest BCUT2D eigenvalue weighted by molar-refractivity contribution is 5.95. The van der Waals surface area contributed by atoms with Crippen molar-refractivity contribution in [2.24, 2.45) is 11.8 Å². The lowest BCUT2D eigenvalue weighted by Gasteiger charge is -2.32. The SMILES string of the molecule is C#CCNC(=O)c1c(F)cc(OCCCC2CCN(c3ncc(-c4cnn(CC(C)C)c4)cn3)CC2)cc1F. The lowest BCUT2D eigenvalue weighted by atomic mass is 9.92. The second kappa shape index (κ2) is 13.2. The topological polar surface area (TPSA) is 85.2 Å². The van der Waals surface area contributed by atoms with Gasteiger partial charge in [-0.05, 0) is 37.5 Å². The van der Waals surface area contributed by atoms with Crippen LogP contribution in [0, 0.1) is 35.8 Å². The molecule has 0 bridgehead atoms. The van der Waals surface area contributed by atoms with E-state index in [9.17, 15) is 13.6 Å². The van der Waals surface area contributed by atoms with Gasteiger partial charge in [-0.1, -0.05) is 19.8 Å². The summed E-state index contributed by atoms with van der Waals surface area (Å²) in [6.45, 7) is 7.16. The summed E-state index contributed by atoms with van der Waals surface area (Å²) >= 11 is 0. The minimum Gasteiger partial charge on any atom is -0.493 e. The maximum absolute atomic E-state index is 14.3. The number of rotatable bonds is 11. The van der Waals surface area contributed by atoms with Crippen molar-refractivity contribution in [3.63, 3.8) is 0 Å². The van der Waals surface area contributed by atoms with Gasteiger partial charge in [0.05, 0.1) is 19.3 Å². The summed E-state index contributed by atoms with van der Waals surface area (Å²) in [6.07, 6.45) is 16.4. The maximum Gasteiger partial charge on any atom is 0.258 e. The van der Waals surface area contributed by atoms with Crippen molar-refractivity contribution in [1.82, 2.24) is 25.1 Å². The first kappa shape index (κ1) is 28.0. The van der Waals surface area contributed by atoms with Crippen LogP contribution in [0.3, 0.4) is 0 Å². The van der Waals surface area contributed by atoms with Crippen molar-refractivity contribution < 1.29 is 18.3 Å². The molecule has 0 unspecified atom stereocenters. The number of benzene rings is 1. The number of nitrogens with one attached hydrogen (secondary N) is 1. The number of halogens is 2. The number of ether oxygens (including phenoxy) is 1. The van der Waals surface area contributed by atoms with Crippen LogP contribution >= 0.6 is 0 Å². The van der Waals surface area contributed by atoms with Gasteiger partial charge in [-0.15, -0.1) is 6.42 Å². The molecule has 3 aromatic rings. The minimum absolute atomic E-state index is 0.0567. The highest BCUT2D eigenvalue weighted by Gasteiger charge is 2.22. The molecule has 1 aliphatic heterocycles. The van der Waals surface area contributed by atoms with Crippen LogP contribution in [0.15, 0.2) is 36.9 Å². The largest absolute Gasteiger partial charge is 0.493 e. The van der Waals surface area contributed by atoms with E-state index in [0.29, 0.717) is 18.4 Å². The van der Waals surface area contributed by atoms with Gasteiger partial charge in [0.2, 0.25) is 5.95 Å². The molecular formula is C29H34F2N6O2. The fraction of sp³-hybridized carbons (Fsp3) is 0.448. The summed E-state index contributed by atoms with van der Waals surface area (Å²) in [4.78, 5) is 23.3. The molecule has 0 atom stereocenters. The molecule has 1 fully saturated rings. The zero-order valence-corrected chi connectivity index (χ0v) is 22.4. The minimum atomic E-state index is -0.983. The number of hydrogen-bond acceptors (Lipinski definition) is 6. The van der Waals surface area contributed by atoms with E-state index >= 15 is 0 Å². The van der Waals surface area contributed by atoms with Crippen LogP contribution in [-0.4, -0.2) is 51.9 Å². The maximum atomic E-state index is 14.3. The van der Waals surface area contributed by atoms with Crippen LogP contribution in [0.25, 0.3) is 11.1 Å². The van der Waals surface area contributed by atoms with Crippen molar-refractivity contribution in [3.8, 4) is 29.2 Å². The molecule has 3 heterocycles.